The maximum Gasteiger partial charge on any atom is 0.193 e. The number of aliphatic imine (C=N–C) groups is 1. The molecule has 1 rings (SSSR count). The Labute approximate surface area is 127 Å². The average molecular weight is 322 g/mol. The van der Waals surface area contributed by atoms with Gasteiger partial charge in [0.25, 0.3) is 0 Å². The second-order valence-electron chi connectivity index (χ2n) is 5.78. The normalized spacial score (nSPS) is 21.9. The van der Waals surface area contributed by atoms with Crippen LogP contribution in [0.5, 0.6) is 0 Å². The van der Waals surface area contributed by atoms with Crippen LogP contribution in [-0.4, -0.2) is 68.0 Å². The van der Waals surface area contributed by atoms with Crippen molar-refractivity contribution < 1.29 is 8.42 Å². The Kier molecular flexibility index (Phi) is 6.19. The van der Waals surface area contributed by atoms with Crippen molar-refractivity contribution in [2.24, 2.45) is 4.99 Å². The van der Waals surface area contributed by atoms with Gasteiger partial charge in [0.05, 0.1) is 4.75 Å². The lowest BCUT2D eigenvalue weighted by atomic mass is 10.2. The van der Waals surface area contributed by atoms with E-state index in [1.807, 2.05) is 11.8 Å². The quantitative estimate of drug-likeness (QED) is 0.623. The standard InChI is InChI=1S/C13H27N3O2S2/c1-6-11-9-16(7-8-19-11)12(14-4)15-10-13(2,3)20(5,17)18/h11H,6-10H2,1-5H3,(H,14,15). The third kappa shape index (κ3) is 4.55. The fraction of sp³-hybridized carbons (Fsp3) is 0.923. The number of hydrogen-bond donors (Lipinski definition) is 1. The molecule has 0 bridgehead atoms. The molecular weight excluding hydrogens is 294 g/mol. The Bertz CT molecular complexity index is 447. The third-order valence-corrected chi connectivity index (χ3v) is 7.31. The van der Waals surface area contributed by atoms with E-state index in [2.05, 4.69) is 22.1 Å². The molecule has 0 radical (unpaired) electrons. The maximum atomic E-state index is 11.7. The molecule has 0 spiro atoms. The van der Waals surface area contributed by atoms with E-state index in [4.69, 9.17) is 0 Å². The molecule has 1 fully saturated rings. The highest BCUT2D eigenvalue weighted by molar-refractivity contribution is 8.00. The molecule has 1 saturated heterocycles. The van der Waals surface area contributed by atoms with Crippen LogP contribution in [-0.2, 0) is 9.84 Å². The van der Waals surface area contributed by atoms with Crippen LogP contribution in [0.2, 0.25) is 0 Å². The number of thioether (sulfide) groups is 1. The second kappa shape index (κ2) is 7.02. The van der Waals surface area contributed by atoms with Gasteiger partial charge >= 0.3 is 0 Å². The first-order valence-electron chi connectivity index (χ1n) is 6.98. The lowest BCUT2D eigenvalue weighted by Gasteiger charge is -2.35. The average Bonchev–Trinajstić information content (AvgIpc) is 2.38. The third-order valence-electron chi connectivity index (χ3n) is 3.78. The molecule has 1 N–H and O–H groups in total. The van der Waals surface area contributed by atoms with E-state index in [0.717, 1.165) is 31.2 Å². The van der Waals surface area contributed by atoms with Gasteiger partial charge in [-0.3, -0.25) is 4.99 Å². The molecule has 1 unspecified atom stereocenters. The summed E-state index contributed by atoms with van der Waals surface area (Å²) in [6, 6.07) is 0. The molecule has 0 amide bonds. The second-order valence-corrected chi connectivity index (χ2v) is 9.84. The molecule has 5 nitrogen and oxygen atoms in total. The van der Waals surface area contributed by atoms with E-state index >= 15 is 0 Å². The van der Waals surface area contributed by atoms with Crippen LogP contribution in [0.4, 0.5) is 0 Å². The topological polar surface area (TPSA) is 61.8 Å². The molecule has 7 heteroatoms. The lowest BCUT2D eigenvalue weighted by Crippen LogP contribution is -2.52. The zero-order valence-corrected chi connectivity index (χ0v) is 14.8. The minimum absolute atomic E-state index is 0.374. The van der Waals surface area contributed by atoms with E-state index in [1.54, 1.807) is 20.9 Å². The molecular formula is C13H27N3O2S2. The first kappa shape index (κ1) is 17.6. The van der Waals surface area contributed by atoms with Crippen LogP contribution in [0.25, 0.3) is 0 Å². The van der Waals surface area contributed by atoms with Crippen molar-refractivity contribution in [3.8, 4) is 0 Å². The van der Waals surface area contributed by atoms with Crippen LogP contribution in [0.15, 0.2) is 4.99 Å². The van der Waals surface area contributed by atoms with Crippen molar-refractivity contribution in [3.05, 3.63) is 0 Å². The molecule has 1 aliphatic heterocycles. The first-order chi connectivity index (χ1) is 9.21. The molecule has 0 aromatic rings. The monoisotopic (exact) mass is 321 g/mol. The zero-order chi connectivity index (χ0) is 15.4. The summed E-state index contributed by atoms with van der Waals surface area (Å²) in [7, 11) is -1.34. The molecule has 0 aromatic heterocycles. The van der Waals surface area contributed by atoms with E-state index in [1.165, 1.54) is 6.26 Å². The summed E-state index contributed by atoms with van der Waals surface area (Å²) >= 11 is 2.00. The molecule has 118 valence electrons. The Morgan fingerprint density at radius 2 is 2.15 bits per heavy atom. The van der Waals surface area contributed by atoms with Gasteiger partial charge < -0.3 is 10.2 Å². The van der Waals surface area contributed by atoms with E-state index in [-0.39, 0.29) is 0 Å². The highest BCUT2D eigenvalue weighted by atomic mass is 32.2. The van der Waals surface area contributed by atoms with Crippen LogP contribution < -0.4 is 5.32 Å². The van der Waals surface area contributed by atoms with E-state index in [0.29, 0.717) is 11.8 Å². The van der Waals surface area contributed by atoms with Gasteiger partial charge in [-0.15, -0.1) is 0 Å². The Balaban J connectivity index is 2.65. The smallest absolute Gasteiger partial charge is 0.193 e. The highest BCUT2D eigenvalue weighted by Gasteiger charge is 2.31. The number of hydrogen-bond acceptors (Lipinski definition) is 4. The van der Waals surface area contributed by atoms with Crippen LogP contribution >= 0.6 is 11.8 Å². The molecule has 20 heavy (non-hydrogen) atoms. The van der Waals surface area contributed by atoms with Gasteiger partial charge in [-0.05, 0) is 20.3 Å². The minimum atomic E-state index is -3.09. The van der Waals surface area contributed by atoms with Crippen molar-refractivity contribution in [1.29, 1.82) is 0 Å². The van der Waals surface area contributed by atoms with Crippen LogP contribution in [0.3, 0.4) is 0 Å². The van der Waals surface area contributed by atoms with Gasteiger partial charge in [0, 0.05) is 43.9 Å². The summed E-state index contributed by atoms with van der Waals surface area (Å²) in [4.78, 5) is 6.52. The Morgan fingerprint density at radius 3 is 2.65 bits per heavy atom. The summed E-state index contributed by atoms with van der Waals surface area (Å²) < 4.78 is 22.7. The zero-order valence-electron chi connectivity index (χ0n) is 13.1. The van der Waals surface area contributed by atoms with E-state index < -0.39 is 14.6 Å². The number of guanidine groups is 1. The van der Waals surface area contributed by atoms with Crippen molar-refractivity contribution >= 4 is 27.6 Å². The van der Waals surface area contributed by atoms with Crippen molar-refractivity contribution in [1.82, 2.24) is 10.2 Å². The number of nitrogens with zero attached hydrogens (tertiary/aromatic N) is 2. The molecule has 0 aliphatic carbocycles. The van der Waals surface area contributed by atoms with Gasteiger partial charge in [-0.2, -0.15) is 11.8 Å². The van der Waals surface area contributed by atoms with Crippen molar-refractivity contribution in [3.63, 3.8) is 0 Å². The SMILES string of the molecule is CCC1CN(C(=NC)NCC(C)(C)S(C)(=O)=O)CCS1. The predicted molar refractivity (Wildman–Crippen MR) is 88.4 cm³/mol. The maximum absolute atomic E-state index is 11.7. The molecule has 1 atom stereocenters. The molecule has 1 heterocycles. The van der Waals surface area contributed by atoms with Gasteiger partial charge in [0.15, 0.2) is 15.8 Å². The number of sulfone groups is 1. The lowest BCUT2D eigenvalue weighted by molar-refractivity contribution is 0.405. The summed E-state index contributed by atoms with van der Waals surface area (Å²) in [5.74, 6) is 1.90. The molecule has 1 aliphatic rings. The summed E-state index contributed by atoms with van der Waals surface area (Å²) in [6.07, 6.45) is 2.43. The Hall–Kier alpha value is -0.430. The predicted octanol–water partition coefficient (Wildman–Crippen LogP) is 1.21. The number of nitrogens with one attached hydrogen (secondary N) is 1. The van der Waals surface area contributed by atoms with Crippen molar-refractivity contribution in [2.75, 3.05) is 38.7 Å². The van der Waals surface area contributed by atoms with Gasteiger partial charge in [-0.1, -0.05) is 6.92 Å². The molecule has 0 saturated carbocycles. The van der Waals surface area contributed by atoms with Crippen LogP contribution in [0.1, 0.15) is 27.2 Å². The molecule has 0 aromatic carbocycles. The van der Waals surface area contributed by atoms with E-state index in [9.17, 15) is 8.42 Å². The fourth-order valence-corrected chi connectivity index (χ4v) is 3.43. The van der Waals surface area contributed by atoms with Crippen molar-refractivity contribution in [2.45, 2.75) is 37.2 Å². The van der Waals surface area contributed by atoms with Gasteiger partial charge in [0.2, 0.25) is 0 Å². The fourth-order valence-electron chi connectivity index (χ4n) is 1.91. The minimum Gasteiger partial charge on any atom is -0.355 e. The largest absolute Gasteiger partial charge is 0.355 e. The number of rotatable bonds is 4. The summed E-state index contributed by atoms with van der Waals surface area (Å²) in [6.45, 7) is 7.98. The van der Waals surface area contributed by atoms with Gasteiger partial charge in [-0.25, -0.2) is 8.42 Å². The highest BCUT2D eigenvalue weighted by Crippen LogP contribution is 2.21. The summed E-state index contributed by atoms with van der Waals surface area (Å²) in [5, 5.41) is 3.85. The summed E-state index contributed by atoms with van der Waals surface area (Å²) in [5.41, 5.74) is 0. The van der Waals surface area contributed by atoms with Gasteiger partial charge in [0.1, 0.15) is 0 Å². The Morgan fingerprint density at radius 1 is 1.50 bits per heavy atom. The first-order valence-corrected chi connectivity index (χ1v) is 9.92. The van der Waals surface area contributed by atoms with Crippen LogP contribution in [0, 0.1) is 0 Å².